The molecule has 2 aliphatic heterocycles. The minimum absolute atomic E-state index is 0.0210. The summed E-state index contributed by atoms with van der Waals surface area (Å²) in [6.07, 6.45) is 1.11. The minimum atomic E-state index is -4.25. The summed E-state index contributed by atoms with van der Waals surface area (Å²) in [5.74, 6) is -8.78. The molecule has 15 heteroatoms. The number of benzene rings is 1. The smallest absolute Gasteiger partial charge is 0.311 e. The van der Waals surface area contributed by atoms with Crippen LogP contribution in [-0.4, -0.2) is 61.3 Å². The van der Waals surface area contributed by atoms with E-state index in [0.717, 1.165) is 15.7 Å². The molecule has 1 saturated heterocycles. The number of likely N-dealkylation sites (tertiary alicyclic amines) is 1. The molecular formula is C19H18F3N5O6S. The fourth-order valence-electron chi connectivity index (χ4n) is 3.94. The highest BCUT2D eigenvalue weighted by molar-refractivity contribution is 7.89. The number of halogens is 3. The number of anilines is 1. The van der Waals surface area contributed by atoms with Crippen molar-refractivity contribution in [1.82, 2.24) is 14.2 Å². The molecular weight excluding hydrogens is 483 g/mol. The Morgan fingerprint density at radius 2 is 1.82 bits per heavy atom. The summed E-state index contributed by atoms with van der Waals surface area (Å²) in [6, 6.07) is 0.356. The van der Waals surface area contributed by atoms with Gasteiger partial charge in [0.1, 0.15) is 4.90 Å². The van der Waals surface area contributed by atoms with Gasteiger partial charge in [0.2, 0.25) is 10.0 Å². The van der Waals surface area contributed by atoms with Crippen LogP contribution in [0.4, 0.5) is 18.9 Å². The fraction of sp³-hybridized carbons (Fsp3) is 0.316. The monoisotopic (exact) mass is 501 g/mol. The van der Waals surface area contributed by atoms with Crippen molar-refractivity contribution in [1.29, 1.82) is 0 Å². The Kier molecular flexibility index (Phi) is 5.77. The topological polar surface area (TPSA) is 153 Å². The predicted octanol–water partition coefficient (Wildman–Crippen LogP) is -0.322. The molecule has 1 aromatic carbocycles. The third-order valence-corrected chi connectivity index (χ3v) is 7.02. The number of amides is 3. The number of sulfonamides is 1. The highest BCUT2D eigenvalue weighted by atomic mass is 32.2. The highest BCUT2D eigenvalue weighted by Crippen LogP contribution is 2.34. The number of rotatable bonds is 2. The van der Waals surface area contributed by atoms with E-state index in [1.807, 2.05) is 0 Å². The Morgan fingerprint density at radius 3 is 2.44 bits per heavy atom. The first-order valence-electron chi connectivity index (χ1n) is 9.78. The van der Waals surface area contributed by atoms with Crippen molar-refractivity contribution >= 4 is 33.4 Å². The van der Waals surface area contributed by atoms with E-state index in [0.29, 0.717) is 12.1 Å². The van der Waals surface area contributed by atoms with Gasteiger partial charge in [-0.15, -0.1) is 0 Å². The summed E-state index contributed by atoms with van der Waals surface area (Å²) in [7, 11) is -2.89. The molecule has 34 heavy (non-hydrogen) atoms. The Labute approximate surface area is 190 Å². The van der Waals surface area contributed by atoms with Crippen LogP contribution in [0.2, 0.25) is 0 Å². The number of hydrogen-bond acceptors (Lipinski definition) is 6. The van der Waals surface area contributed by atoms with Gasteiger partial charge in [-0.1, -0.05) is 0 Å². The van der Waals surface area contributed by atoms with Crippen LogP contribution in [-0.2, 0) is 26.7 Å². The molecule has 0 aliphatic carbocycles. The lowest BCUT2D eigenvalue weighted by atomic mass is 10.1. The number of nitrogens with two attached hydrogens (primary N) is 1. The SMILES string of the molecule is Cn1cc2c(c1C(=O)Nc1cc(F)c(F)c(F)c1)OC[C@H]1CN(C(=O)C(N)=O)C[C@H]1NS2(=O)=O. The van der Waals surface area contributed by atoms with E-state index in [1.165, 1.54) is 7.05 Å². The molecule has 3 heterocycles. The molecule has 0 unspecified atom stereocenters. The molecule has 182 valence electrons. The predicted molar refractivity (Wildman–Crippen MR) is 109 cm³/mol. The van der Waals surface area contributed by atoms with Gasteiger partial charge < -0.3 is 25.3 Å². The van der Waals surface area contributed by atoms with Crippen LogP contribution >= 0.6 is 0 Å². The summed E-state index contributed by atoms with van der Waals surface area (Å²) in [4.78, 5) is 36.7. The van der Waals surface area contributed by atoms with E-state index < -0.39 is 62.8 Å². The van der Waals surface area contributed by atoms with Gasteiger partial charge in [-0.25, -0.2) is 26.3 Å². The van der Waals surface area contributed by atoms with Crippen molar-refractivity contribution < 1.29 is 40.7 Å². The van der Waals surface area contributed by atoms with E-state index in [2.05, 4.69) is 10.0 Å². The van der Waals surface area contributed by atoms with Crippen molar-refractivity contribution in [2.75, 3.05) is 25.0 Å². The lowest BCUT2D eigenvalue weighted by Crippen LogP contribution is -2.44. The second-order valence-electron chi connectivity index (χ2n) is 7.86. The van der Waals surface area contributed by atoms with Crippen molar-refractivity contribution in [2.24, 2.45) is 18.7 Å². The van der Waals surface area contributed by atoms with E-state index in [-0.39, 0.29) is 36.0 Å². The Balaban J connectivity index is 1.65. The number of fused-ring (bicyclic) bond motifs is 2. The molecule has 0 saturated carbocycles. The molecule has 4 N–H and O–H groups in total. The zero-order chi connectivity index (χ0) is 24.9. The van der Waals surface area contributed by atoms with E-state index in [9.17, 15) is 36.0 Å². The molecule has 1 aromatic heterocycles. The number of nitrogens with zero attached hydrogens (tertiary/aromatic N) is 2. The second kappa shape index (κ2) is 8.32. The number of aryl methyl sites for hydroxylation is 1. The van der Waals surface area contributed by atoms with Crippen LogP contribution in [0.5, 0.6) is 5.75 Å². The van der Waals surface area contributed by atoms with Crippen LogP contribution < -0.4 is 20.5 Å². The summed E-state index contributed by atoms with van der Waals surface area (Å²) in [5, 5.41) is 2.18. The number of carbonyl (C=O) groups is 3. The fourth-order valence-corrected chi connectivity index (χ4v) is 5.43. The summed E-state index contributed by atoms with van der Waals surface area (Å²) < 4.78 is 75.5. The van der Waals surface area contributed by atoms with Crippen molar-refractivity contribution in [3.63, 3.8) is 0 Å². The van der Waals surface area contributed by atoms with Gasteiger partial charge in [0.25, 0.3) is 5.91 Å². The van der Waals surface area contributed by atoms with E-state index >= 15 is 0 Å². The average Bonchev–Trinajstić information content (AvgIpc) is 3.29. The van der Waals surface area contributed by atoms with E-state index in [1.54, 1.807) is 0 Å². The van der Waals surface area contributed by atoms with Crippen LogP contribution in [0.1, 0.15) is 10.5 Å². The summed E-state index contributed by atoms with van der Waals surface area (Å²) >= 11 is 0. The van der Waals surface area contributed by atoms with Crippen LogP contribution in [0.15, 0.2) is 23.2 Å². The van der Waals surface area contributed by atoms with Crippen molar-refractivity contribution in [3.05, 3.63) is 41.5 Å². The number of ether oxygens (including phenoxy) is 1. The number of carbonyl (C=O) groups excluding carboxylic acids is 3. The van der Waals surface area contributed by atoms with Crippen LogP contribution in [0.25, 0.3) is 0 Å². The van der Waals surface area contributed by atoms with Crippen molar-refractivity contribution in [3.8, 4) is 5.75 Å². The number of nitrogens with one attached hydrogen (secondary N) is 2. The van der Waals surface area contributed by atoms with Crippen molar-refractivity contribution in [2.45, 2.75) is 10.9 Å². The molecule has 0 bridgehead atoms. The third kappa shape index (κ3) is 4.07. The van der Waals surface area contributed by atoms with Gasteiger partial charge in [0.15, 0.2) is 28.9 Å². The standard InChI is InChI=1S/C19H18F3N5O6S/c1-26-6-13-16(15(26)18(29)24-9-2-10(20)14(22)11(21)3-9)33-7-8-4-27(19(30)17(23)28)5-12(8)25-34(13,31)32/h2-3,6,8,12,25H,4-5,7H2,1H3,(H2,23,28)(H,24,29)/t8-,12-/m1/s1. The molecule has 0 spiro atoms. The minimum Gasteiger partial charge on any atom is -0.489 e. The first-order valence-corrected chi connectivity index (χ1v) is 11.3. The van der Waals surface area contributed by atoms with Gasteiger partial charge in [-0.05, 0) is 0 Å². The van der Waals surface area contributed by atoms with Gasteiger partial charge in [-0.3, -0.25) is 14.4 Å². The molecule has 0 radical (unpaired) electrons. The first-order chi connectivity index (χ1) is 15.9. The molecule has 3 amide bonds. The zero-order valence-corrected chi connectivity index (χ0v) is 18.3. The Morgan fingerprint density at radius 1 is 1.18 bits per heavy atom. The Hall–Kier alpha value is -3.59. The molecule has 1 fully saturated rings. The summed E-state index contributed by atoms with van der Waals surface area (Å²) in [6.45, 7) is -0.258. The average molecular weight is 501 g/mol. The number of hydrogen-bond donors (Lipinski definition) is 3. The maximum Gasteiger partial charge on any atom is 0.311 e. The second-order valence-corrected chi connectivity index (χ2v) is 9.55. The molecule has 11 nitrogen and oxygen atoms in total. The quantitative estimate of drug-likeness (QED) is 0.379. The lowest BCUT2D eigenvalue weighted by Gasteiger charge is -2.23. The summed E-state index contributed by atoms with van der Waals surface area (Å²) in [5.41, 5.74) is 4.33. The maximum absolute atomic E-state index is 13.5. The van der Waals surface area contributed by atoms with Crippen LogP contribution in [0.3, 0.4) is 0 Å². The Bertz CT molecular complexity index is 1300. The van der Waals surface area contributed by atoms with Gasteiger partial charge in [0, 0.05) is 56.1 Å². The zero-order valence-electron chi connectivity index (χ0n) is 17.5. The van der Waals surface area contributed by atoms with Crippen LogP contribution in [0, 0.1) is 23.4 Å². The van der Waals surface area contributed by atoms with Gasteiger partial charge in [0.05, 0.1) is 6.61 Å². The highest BCUT2D eigenvalue weighted by Gasteiger charge is 2.43. The number of primary amides is 1. The molecule has 2 aliphatic rings. The molecule has 2 aromatic rings. The third-order valence-electron chi connectivity index (χ3n) is 5.54. The van der Waals surface area contributed by atoms with Gasteiger partial charge >= 0.3 is 11.8 Å². The molecule has 4 rings (SSSR count). The maximum atomic E-state index is 13.5. The molecule has 2 atom stereocenters. The lowest BCUT2D eigenvalue weighted by molar-refractivity contribution is -0.143. The van der Waals surface area contributed by atoms with Gasteiger partial charge in [-0.2, -0.15) is 0 Å². The number of aromatic nitrogens is 1. The first kappa shape index (κ1) is 23.6. The van der Waals surface area contributed by atoms with E-state index in [4.69, 9.17) is 10.5 Å². The largest absolute Gasteiger partial charge is 0.489 e. The normalized spacial score (nSPS) is 21.0.